The molecule has 1 fully saturated rings. The average Bonchev–Trinajstić information content (AvgIpc) is 3.35. The highest BCUT2D eigenvalue weighted by Gasteiger charge is 2.24. The lowest BCUT2D eigenvalue weighted by Crippen LogP contribution is -2.15. The van der Waals surface area contributed by atoms with E-state index in [9.17, 15) is 0 Å². The van der Waals surface area contributed by atoms with Crippen molar-refractivity contribution in [2.45, 2.75) is 25.7 Å². The lowest BCUT2D eigenvalue weighted by atomic mass is 10.00. The van der Waals surface area contributed by atoms with Crippen molar-refractivity contribution >= 4 is 0 Å². The number of benzene rings is 1. The van der Waals surface area contributed by atoms with Gasteiger partial charge in [0.25, 0.3) is 0 Å². The number of rotatable bonds is 3. The first-order valence-electron chi connectivity index (χ1n) is 9.17. The lowest BCUT2D eigenvalue weighted by Gasteiger charge is -2.18. The standard InChI is InChI=1S/C20H20N4O3/c1-13-3-2-4-18(21-13)24-20(15-5-6-16-17(11-15)27-12-26-16)22-19(23-24)14-7-9-25-10-8-14/h2-6,11,14H,7-10,12H2,1H3. The summed E-state index contributed by atoms with van der Waals surface area (Å²) in [5.41, 5.74) is 1.86. The minimum absolute atomic E-state index is 0.248. The fourth-order valence-corrected chi connectivity index (χ4v) is 3.49. The third-order valence-electron chi connectivity index (χ3n) is 4.93. The summed E-state index contributed by atoms with van der Waals surface area (Å²) < 4.78 is 18.3. The van der Waals surface area contributed by atoms with E-state index in [0.29, 0.717) is 5.92 Å². The SMILES string of the molecule is Cc1cccc(-n2nc(C3CCOCC3)nc2-c2ccc3c(c2)OCO3)n1. The number of nitrogens with zero attached hydrogens (tertiary/aromatic N) is 4. The Morgan fingerprint density at radius 3 is 2.70 bits per heavy atom. The lowest BCUT2D eigenvalue weighted by molar-refractivity contribution is 0.0836. The second kappa shape index (κ2) is 6.66. The van der Waals surface area contributed by atoms with Crippen LogP contribution in [0, 0.1) is 6.92 Å². The van der Waals surface area contributed by atoms with Crippen molar-refractivity contribution in [1.82, 2.24) is 19.7 Å². The molecule has 0 bridgehead atoms. The smallest absolute Gasteiger partial charge is 0.231 e. The molecule has 0 radical (unpaired) electrons. The van der Waals surface area contributed by atoms with Crippen LogP contribution in [0.25, 0.3) is 17.2 Å². The number of pyridine rings is 1. The fraction of sp³-hybridized carbons (Fsp3) is 0.350. The molecule has 27 heavy (non-hydrogen) atoms. The monoisotopic (exact) mass is 364 g/mol. The van der Waals surface area contributed by atoms with E-state index in [-0.39, 0.29) is 6.79 Å². The van der Waals surface area contributed by atoms with Crippen molar-refractivity contribution in [3.63, 3.8) is 0 Å². The summed E-state index contributed by atoms with van der Waals surface area (Å²) >= 11 is 0. The van der Waals surface area contributed by atoms with E-state index in [1.54, 1.807) is 0 Å². The zero-order valence-electron chi connectivity index (χ0n) is 15.1. The van der Waals surface area contributed by atoms with Gasteiger partial charge in [0.1, 0.15) is 0 Å². The summed E-state index contributed by atoms with van der Waals surface area (Å²) in [6.45, 7) is 3.72. The van der Waals surface area contributed by atoms with Crippen molar-refractivity contribution in [2.75, 3.05) is 20.0 Å². The van der Waals surface area contributed by atoms with Gasteiger partial charge in [-0.1, -0.05) is 6.07 Å². The molecule has 7 heteroatoms. The summed E-state index contributed by atoms with van der Waals surface area (Å²) in [5, 5.41) is 4.83. The molecule has 7 nitrogen and oxygen atoms in total. The van der Waals surface area contributed by atoms with Gasteiger partial charge in [0.05, 0.1) is 0 Å². The Balaban J connectivity index is 1.62. The Bertz CT molecular complexity index is 979. The molecule has 0 saturated carbocycles. The molecule has 3 aromatic rings. The van der Waals surface area contributed by atoms with Gasteiger partial charge >= 0.3 is 0 Å². The first kappa shape index (κ1) is 16.3. The van der Waals surface area contributed by atoms with Gasteiger partial charge < -0.3 is 14.2 Å². The summed E-state index contributed by atoms with van der Waals surface area (Å²) in [5.74, 6) is 4.14. The molecule has 138 valence electrons. The second-order valence-electron chi connectivity index (χ2n) is 6.80. The zero-order valence-corrected chi connectivity index (χ0v) is 15.1. The van der Waals surface area contributed by atoms with E-state index >= 15 is 0 Å². The average molecular weight is 364 g/mol. The molecule has 0 unspecified atom stereocenters. The minimum Gasteiger partial charge on any atom is -0.454 e. The van der Waals surface area contributed by atoms with Crippen molar-refractivity contribution < 1.29 is 14.2 Å². The Morgan fingerprint density at radius 2 is 1.85 bits per heavy atom. The maximum absolute atomic E-state index is 5.54. The number of fused-ring (bicyclic) bond motifs is 1. The Hall–Kier alpha value is -2.93. The molecule has 0 atom stereocenters. The summed E-state index contributed by atoms with van der Waals surface area (Å²) in [6, 6.07) is 11.8. The van der Waals surface area contributed by atoms with E-state index in [4.69, 9.17) is 24.3 Å². The van der Waals surface area contributed by atoms with Crippen molar-refractivity contribution in [2.24, 2.45) is 0 Å². The predicted octanol–water partition coefficient (Wildman–Crippen LogP) is 3.26. The largest absolute Gasteiger partial charge is 0.454 e. The van der Waals surface area contributed by atoms with Crippen LogP contribution in [0.15, 0.2) is 36.4 Å². The number of ether oxygens (including phenoxy) is 3. The number of hydrogen-bond acceptors (Lipinski definition) is 6. The minimum atomic E-state index is 0.248. The van der Waals surface area contributed by atoms with E-state index in [0.717, 1.165) is 66.3 Å². The van der Waals surface area contributed by atoms with Gasteiger partial charge in [0.2, 0.25) is 6.79 Å². The number of aryl methyl sites for hydroxylation is 1. The van der Waals surface area contributed by atoms with Crippen molar-refractivity contribution in [1.29, 1.82) is 0 Å². The van der Waals surface area contributed by atoms with Crippen LogP contribution in [0.1, 0.15) is 30.3 Å². The van der Waals surface area contributed by atoms with E-state index in [1.165, 1.54) is 0 Å². The van der Waals surface area contributed by atoms with Gasteiger partial charge in [-0.15, -0.1) is 5.10 Å². The van der Waals surface area contributed by atoms with Crippen LogP contribution in [-0.2, 0) is 4.74 Å². The molecule has 0 N–H and O–H groups in total. The van der Waals surface area contributed by atoms with Crippen LogP contribution in [0.3, 0.4) is 0 Å². The first-order valence-corrected chi connectivity index (χ1v) is 9.17. The molecule has 2 aromatic heterocycles. The van der Waals surface area contributed by atoms with Crippen molar-refractivity contribution in [3.05, 3.63) is 47.9 Å². The molecular weight excluding hydrogens is 344 g/mol. The third kappa shape index (κ3) is 3.04. The zero-order chi connectivity index (χ0) is 18.2. The maximum Gasteiger partial charge on any atom is 0.231 e. The number of aromatic nitrogens is 4. The van der Waals surface area contributed by atoms with Crippen LogP contribution < -0.4 is 9.47 Å². The predicted molar refractivity (Wildman–Crippen MR) is 98.2 cm³/mol. The summed E-state index contributed by atoms with van der Waals surface area (Å²) in [7, 11) is 0. The van der Waals surface area contributed by atoms with Crippen LogP contribution >= 0.6 is 0 Å². The van der Waals surface area contributed by atoms with Gasteiger partial charge in [-0.25, -0.2) is 9.97 Å². The Kier molecular flexibility index (Phi) is 4.01. The van der Waals surface area contributed by atoms with Crippen molar-refractivity contribution in [3.8, 4) is 28.7 Å². The first-order chi connectivity index (χ1) is 13.3. The van der Waals surface area contributed by atoms with Gasteiger partial charge in [0.15, 0.2) is 29.0 Å². The Morgan fingerprint density at radius 1 is 1.00 bits per heavy atom. The molecule has 2 aliphatic rings. The van der Waals surface area contributed by atoms with Crippen LogP contribution in [0.5, 0.6) is 11.5 Å². The quantitative estimate of drug-likeness (QED) is 0.710. The van der Waals surface area contributed by atoms with Gasteiger partial charge in [0, 0.05) is 30.4 Å². The van der Waals surface area contributed by atoms with Gasteiger partial charge in [-0.05, 0) is 50.1 Å². The molecule has 5 rings (SSSR count). The highest BCUT2D eigenvalue weighted by atomic mass is 16.7. The summed E-state index contributed by atoms with van der Waals surface area (Å²) in [6.07, 6.45) is 1.87. The molecule has 0 spiro atoms. The van der Waals surface area contributed by atoms with E-state index in [1.807, 2.05) is 48.0 Å². The third-order valence-corrected chi connectivity index (χ3v) is 4.93. The van der Waals surface area contributed by atoms with E-state index < -0.39 is 0 Å². The van der Waals surface area contributed by atoms with Gasteiger partial charge in [-0.2, -0.15) is 4.68 Å². The number of hydrogen-bond donors (Lipinski definition) is 0. The van der Waals surface area contributed by atoms with Crippen LogP contribution in [0.2, 0.25) is 0 Å². The second-order valence-corrected chi connectivity index (χ2v) is 6.80. The highest BCUT2D eigenvalue weighted by molar-refractivity contribution is 5.63. The molecular formula is C20H20N4O3. The normalized spacial score (nSPS) is 16.6. The van der Waals surface area contributed by atoms with Crippen LogP contribution in [0.4, 0.5) is 0 Å². The van der Waals surface area contributed by atoms with Gasteiger partial charge in [-0.3, -0.25) is 0 Å². The highest BCUT2D eigenvalue weighted by Crippen LogP contribution is 2.36. The molecule has 4 heterocycles. The molecule has 0 amide bonds. The Labute approximate surface area is 156 Å². The van der Waals surface area contributed by atoms with E-state index in [2.05, 4.69) is 4.98 Å². The molecule has 1 saturated heterocycles. The fourth-order valence-electron chi connectivity index (χ4n) is 3.49. The topological polar surface area (TPSA) is 71.3 Å². The maximum atomic E-state index is 5.54. The summed E-state index contributed by atoms with van der Waals surface area (Å²) in [4.78, 5) is 9.54. The molecule has 2 aliphatic heterocycles. The molecule has 0 aliphatic carbocycles. The molecule has 1 aromatic carbocycles. The van der Waals surface area contributed by atoms with Crippen LogP contribution in [-0.4, -0.2) is 39.8 Å².